The van der Waals surface area contributed by atoms with Crippen LogP contribution in [0.2, 0.25) is 0 Å². The molecule has 0 atom stereocenters. The molecule has 2 N–H and O–H groups in total. The zero-order valence-electron chi connectivity index (χ0n) is 15.6. The number of carbonyl (C=O) groups excluding carboxylic acids is 3. The van der Waals surface area contributed by atoms with E-state index >= 15 is 0 Å². The molecular formula is C18H21N3O6S. The smallest absolute Gasteiger partial charge is 0.332 e. The fourth-order valence-corrected chi connectivity index (χ4v) is 3.25. The van der Waals surface area contributed by atoms with E-state index in [2.05, 4.69) is 0 Å². The molecule has 0 aliphatic carbocycles. The van der Waals surface area contributed by atoms with Gasteiger partial charge in [0.1, 0.15) is 11.4 Å². The fraction of sp³-hybridized carbons (Fsp3) is 0.389. The van der Waals surface area contributed by atoms with Gasteiger partial charge in [-0.15, -0.1) is 11.3 Å². The number of hydrogen-bond acceptors (Lipinski definition) is 8. The van der Waals surface area contributed by atoms with Gasteiger partial charge in [0, 0.05) is 20.0 Å². The molecule has 0 saturated carbocycles. The van der Waals surface area contributed by atoms with Gasteiger partial charge < -0.3 is 10.5 Å². The molecule has 2 rings (SSSR count). The molecule has 10 heteroatoms. The van der Waals surface area contributed by atoms with Crippen molar-refractivity contribution < 1.29 is 19.1 Å². The second-order valence-corrected chi connectivity index (χ2v) is 6.99. The van der Waals surface area contributed by atoms with Crippen LogP contribution >= 0.6 is 11.3 Å². The summed E-state index contributed by atoms with van der Waals surface area (Å²) in [6.45, 7) is 1.36. The van der Waals surface area contributed by atoms with Gasteiger partial charge in [0.15, 0.2) is 12.4 Å². The molecule has 2 aromatic heterocycles. The van der Waals surface area contributed by atoms with Crippen LogP contribution in [0.4, 0.5) is 5.82 Å². The van der Waals surface area contributed by atoms with Crippen molar-refractivity contribution in [3.05, 3.63) is 48.8 Å². The highest BCUT2D eigenvalue weighted by Crippen LogP contribution is 2.13. The maximum Gasteiger partial charge on any atom is 0.332 e. The number of thiophene rings is 1. The van der Waals surface area contributed by atoms with Crippen molar-refractivity contribution in [3.8, 4) is 0 Å². The Balaban J connectivity index is 2.05. The first-order valence-electron chi connectivity index (χ1n) is 8.62. The van der Waals surface area contributed by atoms with Gasteiger partial charge >= 0.3 is 11.7 Å². The number of aromatic nitrogens is 2. The Morgan fingerprint density at radius 1 is 1.18 bits per heavy atom. The van der Waals surface area contributed by atoms with E-state index in [4.69, 9.17) is 10.5 Å². The summed E-state index contributed by atoms with van der Waals surface area (Å²) in [4.78, 5) is 61.0. The first-order valence-corrected chi connectivity index (χ1v) is 9.50. The molecule has 2 aromatic rings. The van der Waals surface area contributed by atoms with Crippen molar-refractivity contribution in [2.24, 2.45) is 7.05 Å². The van der Waals surface area contributed by atoms with Crippen LogP contribution in [0, 0.1) is 0 Å². The molecule has 0 unspecified atom stereocenters. The number of nitrogens with zero attached hydrogens (tertiary/aromatic N) is 2. The Hall–Kier alpha value is -3.01. The monoisotopic (exact) mass is 407 g/mol. The van der Waals surface area contributed by atoms with E-state index in [0.29, 0.717) is 11.3 Å². The average Bonchev–Trinajstić information content (AvgIpc) is 3.21. The number of carbonyl (C=O) groups is 3. The van der Waals surface area contributed by atoms with Crippen LogP contribution in [0.5, 0.6) is 0 Å². The topological polar surface area (TPSA) is 130 Å². The van der Waals surface area contributed by atoms with E-state index in [-0.39, 0.29) is 31.0 Å². The molecule has 9 nitrogen and oxygen atoms in total. The van der Waals surface area contributed by atoms with Crippen molar-refractivity contribution in [1.29, 1.82) is 0 Å². The SMILES string of the molecule is CCCn1c(N)c(C(=O)COC(=O)CCC(=O)c2cccs2)c(=O)n(C)c1=O. The highest BCUT2D eigenvalue weighted by molar-refractivity contribution is 7.12. The van der Waals surface area contributed by atoms with E-state index in [9.17, 15) is 24.0 Å². The highest BCUT2D eigenvalue weighted by atomic mass is 32.1. The molecule has 150 valence electrons. The molecule has 0 aromatic carbocycles. The minimum Gasteiger partial charge on any atom is -0.457 e. The lowest BCUT2D eigenvalue weighted by molar-refractivity contribution is -0.142. The number of rotatable bonds is 9. The largest absolute Gasteiger partial charge is 0.457 e. The number of Topliss-reactive ketones (excluding diaryl/α,β-unsaturated/α-hetero) is 2. The molecular weight excluding hydrogens is 386 g/mol. The Kier molecular flexibility index (Phi) is 7.05. The van der Waals surface area contributed by atoms with Crippen molar-refractivity contribution in [3.63, 3.8) is 0 Å². The molecule has 0 aliphatic rings. The van der Waals surface area contributed by atoms with Crippen molar-refractivity contribution >= 4 is 34.7 Å². The number of hydrogen-bond donors (Lipinski definition) is 1. The van der Waals surface area contributed by atoms with Gasteiger partial charge in [0.2, 0.25) is 5.78 Å². The first kappa shape index (κ1) is 21.3. The van der Waals surface area contributed by atoms with Crippen LogP contribution in [0.3, 0.4) is 0 Å². The number of anilines is 1. The molecule has 0 bridgehead atoms. The number of nitrogens with two attached hydrogens (primary N) is 1. The Labute approximate surface area is 164 Å². The molecule has 0 amide bonds. The van der Waals surface area contributed by atoms with Crippen LogP contribution in [0.25, 0.3) is 0 Å². The Morgan fingerprint density at radius 2 is 1.89 bits per heavy atom. The predicted octanol–water partition coefficient (Wildman–Crippen LogP) is 0.990. The Morgan fingerprint density at radius 3 is 2.50 bits per heavy atom. The highest BCUT2D eigenvalue weighted by Gasteiger charge is 2.22. The molecule has 28 heavy (non-hydrogen) atoms. The van der Waals surface area contributed by atoms with Gasteiger partial charge in [-0.25, -0.2) is 4.79 Å². The van der Waals surface area contributed by atoms with Gasteiger partial charge in [-0.05, 0) is 17.9 Å². The van der Waals surface area contributed by atoms with Crippen LogP contribution in [-0.4, -0.2) is 33.3 Å². The van der Waals surface area contributed by atoms with Gasteiger partial charge in [0.05, 0.1) is 11.3 Å². The molecule has 0 aliphatic heterocycles. The third-order valence-electron chi connectivity index (χ3n) is 4.03. The first-order chi connectivity index (χ1) is 13.3. The molecule has 0 fully saturated rings. The fourth-order valence-electron chi connectivity index (χ4n) is 2.55. The van der Waals surface area contributed by atoms with E-state index in [1.54, 1.807) is 17.5 Å². The number of nitrogen functional groups attached to an aromatic ring is 1. The van der Waals surface area contributed by atoms with E-state index in [0.717, 1.165) is 9.13 Å². The van der Waals surface area contributed by atoms with E-state index in [1.807, 2.05) is 6.92 Å². The summed E-state index contributed by atoms with van der Waals surface area (Å²) < 4.78 is 6.81. The van der Waals surface area contributed by atoms with Crippen molar-refractivity contribution in [2.75, 3.05) is 12.3 Å². The second-order valence-electron chi connectivity index (χ2n) is 6.04. The molecule has 2 heterocycles. The van der Waals surface area contributed by atoms with Crippen LogP contribution < -0.4 is 17.0 Å². The van der Waals surface area contributed by atoms with Gasteiger partial charge in [-0.1, -0.05) is 13.0 Å². The average molecular weight is 407 g/mol. The lowest BCUT2D eigenvalue weighted by Gasteiger charge is -2.13. The van der Waals surface area contributed by atoms with Crippen LogP contribution in [-0.2, 0) is 23.1 Å². The zero-order chi connectivity index (χ0) is 20.8. The summed E-state index contributed by atoms with van der Waals surface area (Å²) in [6, 6.07) is 3.39. The predicted molar refractivity (Wildman–Crippen MR) is 104 cm³/mol. The number of esters is 1. The third-order valence-corrected chi connectivity index (χ3v) is 4.94. The number of ether oxygens (including phenoxy) is 1. The Bertz CT molecular complexity index is 1000. The quantitative estimate of drug-likeness (QED) is 0.484. The zero-order valence-corrected chi connectivity index (χ0v) is 16.4. The van der Waals surface area contributed by atoms with Gasteiger partial charge in [-0.3, -0.25) is 28.3 Å². The summed E-state index contributed by atoms with van der Waals surface area (Å²) in [6.07, 6.45) is 0.342. The summed E-state index contributed by atoms with van der Waals surface area (Å²) in [5.41, 5.74) is 3.99. The van der Waals surface area contributed by atoms with Crippen molar-refractivity contribution in [1.82, 2.24) is 9.13 Å². The van der Waals surface area contributed by atoms with Crippen molar-refractivity contribution in [2.45, 2.75) is 32.7 Å². The lowest BCUT2D eigenvalue weighted by atomic mass is 10.2. The summed E-state index contributed by atoms with van der Waals surface area (Å²) in [5.74, 6) is -1.98. The summed E-state index contributed by atoms with van der Waals surface area (Å²) in [7, 11) is 1.25. The maximum absolute atomic E-state index is 12.4. The minimum atomic E-state index is -0.844. The van der Waals surface area contributed by atoms with E-state index in [1.165, 1.54) is 18.4 Å². The second kappa shape index (κ2) is 9.27. The minimum absolute atomic E-state index is 0.0428. The number of ketones is 2. The molecule has 0 saturated heterocycles. The molecule has 0 spiro atoms. The third kappa shape index (κ3) is 4.63. The van der Waals surface area contributed by atoms with Crippen LogP contribution in [0.15, 0.2) is 27.1 Å². The standard InChI is InChI=1S/C18H21N3O6S/c1-3-8-21-16(19)15(17(25)20(2)18(21)26)12(23)10-27-14(24)7-6-11(22)13-5-4-9-28-13/h4-5,9H,3,6-8,10,19H2,1-2H3. The lowest BCUT2D eigenvalue weighted by Crippen LogP contribution is -2.43. The summed E-state index contributed by atoms with van der Waals surface area (Å²) in [5, 5.41) is 1.76. The summed E-state index contributed by atoms with van der Waals surface area (Å²) >= 11 is 1.27. The van der Waals surface area contributed by atoms with E-state index < -0.39 is 35.2 Å². The van der Waals surface area contributed by atoms with Crippen LogP contribution in [0.1, 0.15) is 46.2 Å². The normalized spacial score (nSPS) is 10.6. The van der Waals surface area contributed by atoms with Gasteiger partial charge in [-0.2, -0.15) is 0 Å². The maximum atomic E-state index is 12.4. The van der Waals surface area contributed by atoms with Gasteiger partial charge in [0.25, 0.3) is 5.56 Å². The molecule has 0 radical (unpaired) electrons.